The first-order chi connectivity index (χ1) is 9.00. The fraction of sp³-hybridized carbons (Fsp3) is 0.500. The first kappa shape index (κ1) is 14.4. The molecule has 1 aromatic rings. The molecule has 19 heavy (non-hydrogen) atoms. The van der Waals surface area contributed by atoms with Gasteiger partial charge in [0.05, 0.1) is 11.5 Å². The number of nitro benzene ring substituents is 1. The van der Waals surface area contributed by atoms with Crippen LogP contribution >= 0.6 is 15.9 Å². The summed E-state index contributed by atoms with van der Waals surface area (Å²) < 4.78 is 5.84. The lowest BCUT2D eigenvalue weighted by Gasteiger charge is -2.20. The zero-order valence-corrected chi connectivity index (χ0v) is 11.9. The van der Waals surface area contributed by atoms with E-state index in [1.807, 2.05) is 0 Å². The van der Waals surface area contributed by atoms with Gasteiger partial charge in [-0.3, -0.25) is 10.1 Å². The van der Waals surface area contributed by atoms with E-state index in [0.29, 0.717) is 37.2 Å². The van der Waals surface area contributed by atoms with Gasteiger partial charge in [0.2, 0.25) is 0 Å². The van der Waals surface area contributed by atoms with Crippen LogP contribution in [0.15, 0.2) is 22.7 Å². The summed E-state index contributed by atoms with van der Waals surface area (Å²) in [6, 6.07) is 4.64. The molecule has 7 heteroatoms. The molecule has 1 unspecified atom stereocenters. The van der Waals surface area contributed by atoms with E-state index in [-0.39, 0.29) is 5.69 Å². The third kappa shape index (κ3) is 3.73. The Kier molecular flexibility index (Phi) is 4.51. The van der Waals surface area contributed by atoms with Crippen LogP contribution in [0.3, 0.4) is 0 Å². The van der Waals surface area contributed by atoms with Crippen molar-refractivity contribution in [1.82, 2.24) is 5.32 Å². The number of halogens is 1. The van der Waals surface area contributed by atoms with E-state index in [9.17, 15) is 15.2 Å². The molecule has 6 nitrogen and oxygen atoms in total. The Morgan fingerprint density at radius 2 is 2.37 bits per heavy atom. The Morgan fingerprint density at radius 1 is 1.58 bits per heavy atom. The van der Waals surface area contributed by atoms with E-state index >= 15 is 0 Å². The van der Waals surface area contributed by atoms with Crippen LogP contribution in [0.5, 0.6) is 0 Å². The molecule has 1 aromatic carbocycles. The minimum Gasteiger partial charge on any atom is -0.386 e. The highest BCUT2D eigenvalue weighted by Gasteiger charge is 2.31. The number of rotatable bonds is 5. The van der Waals surface area contributed by atoms with Crippen LogP contribution in [0, 0.1) is 10.1 Å². The van der Waals surface area contributed by atoms with Crippen molar-refractivity contribution in [1.29, 1.82) is 0 Å². The molecular formula is C12H15BrN2O4. The van der Waals surface area contributed by atoms with Crippen LogP contribution in [-0.2, 0) is 11.3 Å². The van der Waals surface area contributed by atoms with E-state index in [2.05, 4.69) is 21.2 Å². The molecule has 1 fully saturated rings. The van der Waals surface area contributed by atoms with Gasteiger partial charge in [0.15, 0.2) is 0 Å². The lowest BCUT2D eigenvalue weighted by molar-refractivity contribution is -0.384. The second-order valence-electron chi connectivity index (χ2n) is 4.66. The largest absolute Gasteiger partial charge is 0.386 e. The Morgan fingerprint density at radius 3 is 2.95 bits per heavy atom. The van der Waals surface area contributed by atoms with Gasteiger partial charge in [-0.2, -0.15) is 0 Å². The minimum absolute atomic E-state index is 0.0541. The van der Waals surface area contributed by atoms with Crippen molar-refractivity contribution in [2.24, 2.45) is 0 Å². The molecule has 1 aliphatic heterocycles. The predicted molar refractivity (Wildman–Crippen MR) is 72.9 cm³/mol. The van der Waals surface area contributed by atoms with Gasteiger partial charge in [0, 0.05) is 42.7 Å². The maximum absolute atomic E-state index is 10.6. The van der Waals surface area contributed by atoms with Crippen molar-refractivity contribution < 1.29 is 14.8 Å². The van der Waals surface area contributed by atoms with E-state index < -0.39 is 10.5 Å². The summed E-state index contributed by atoms with van der Waals surface area (Å²) in [5.74, 6) is 0. The topological polar surface area (TPSA) is 84.6 Å². The summed E-state index contributed by atoms with van der Waals surface area (Å²) in [6.45, 7) is 1.90. The third-order valence-corrected chi connectivity index (χ3v) is 3.84. The Balaban J connectivity index is 1.91. The zero-order valence-electron chi connectivity index (χ0n) is 10.3. The van der Waals surface area contributed by atoms with Crippen molar-refractivity contribution in [2.75, 3.05) is 19.8 Å². The number of benzene rings is 1. The molecule has 0 bridgehead atoms. The average Bonchev–Trinajstić information content (AvgIpc) is 2.78. The molecule has 0 aromatic heterocycles. The maximum atomic E-state index is 10.6. The van der Waals surface area contributed by atoms with E-state index in [1.54, 1.807) is 6.07 Å². The van der Waals surface area contributed by atoms with Crippen LogP contribution in [0.4, 0.5) is 5.69 Å². The van der Waals surface area contributed by atoms with Crippen molar-refractivity contribution in [3.63, 3.8) is 0 Å². The molecule has 0 saturated carbocycles. The first-order valence-corrected chi connectivity index (χ1v) is 6.73. The van der Waals surface area contributed by atoms with Crippen LogP contribution in [-0.4, -0.2) is 35.4 Å². The SMILES string of the molecule is O=[N+]([O-])c1ccc(CNCC2(O)CCOC2)c(Br)c1. The van der Waals surface area contributed by atoms with Crippen LogP contribution in [0.1, 0.15) is 12.0 Å². The van der Waals surface area contributed by atoms with Crippen LogP contribution in [0.2, 0.25) is 0 Å². The number of nitro groups is 1. The van der Waals surface area contributed by atoms with Gasteiger partial charge in [-0.25, -0.2) is 0 Å². The molecule has 0 radical (unpaired) electrons. The number of non-ortho nitro benzene ring substituents is 1. The predicted octanol–water partition coefficient (Wildman–Crippen LogP) is 1.60. The Labute approximate surface area is 119 Å². The number of nitrogens with zero attached hydrogens (tertiary/aromatic N) is 1. The summed E-state index contributed by atoms with van der Waals surface area (Å²) in [6.07, 6.45) is 0.626. The number of nitrogens with one attached hydrogen (secondary N) is 1. The van der Waals surface area contributed by atoms with Gasteiger partial charge >= 0.3 is 0 Å². The first-order valence-electron chi connectivity index (χ1n) is 5.94. The lowest BCUT2D eigenvalue weighted by Crippen LogP contribution is -2.40. The van der Waals surface area contributed by atoms with Gasteiger partial charge < -0.3 is 15.2 Å². The lowest BCUT2D eigenvalue weighted by atomic mass is 10.0. The standard InChI is InChI=1S/C12H15BrN2O4/c13-11-5-10(15(17)18)2-1-9(11)6-14-7-12(16)3-4-19-8-12/h1-2,5,14,16H,3-4,6-8H2. The molecular weight excluding hydrogens is 316 g/mol. The summed E-state index contributed by atoms with van der Waals surface area (Å²) in [5, 5.41) is 23.8. The quantitative estimate of drug-likeness (QED) is 0.632. The van der Waals surface area contributed by atoms with Crippen LogP contribution < -0.4 is 5.32 Å². The highest BCUT2D eigenvalue weighted by Crippen LogP contribution is 2.23. The molecule has 104 valence electrons. The molecule has 1 saturated heterocycles. The Hall–Kier alpha value is -1.02. The fourth-order valence-electron chi connectivity index (χ4n) is 1.96. The smallest absolute Gasteiger partial charge is 0.270 e. The number of hydrogen-bond acceptors (Lipinski definition) is 5. The summed E-state index contributed by atoms with van der Waals surface area (Å²) in [5.41, 5.74) is 0.166. The van der Waals surface area contributed by atoms with E-state index in [0.717, 1.165) is 5.56 Å². The number of ether oxygens (including phenoxy) is 1. The highest BCUT2D eigenvalue weighted by atomic mass is 79.9. The Bertz CT molecular complexity index is 475. The van der Waals surface area contributed by atoms with Gasteiger partial charge in [-0.05, 0) is 11.6 Å². The average molecular weight is 331 g/mol. The number of aliphatic hydroxyl groups is 1. The van der Waals surface area contributed by atoms with Gasteiger partial charge in [-0.1, -0.05) is 15.9 Å². The van der Waals surface area contributed by atoms with Gasteiger partial charge in [0.25, 0.3) is 5.69 Å². The summed E-state index contributed by atoms with van der Waals surface area (Å²) in [4.78, 5) is 10.2. The highest BCUT2D eigenvalue weighted by molar-refractivity contribution is 9.10. The second-order valence-corrected chi connectivity index (χ2v) is 5.52. The number of hydrogen-bond donors (Lipinski definition) is 2. The monoisotopic (exact) mass is 330 g/mol. The van der Waals surface area contributed by atoms with Gasteiger partial charge in [-0.15, -0.1) is 0 Å². The molecule has 2 N–H and O–H groups in total. The summed E-state index contributed by atoms with van der Waals surface area (Å²) >= 11 is 3.31. The van der Waals surface area contributed by atoms with E-state index in [4.69, 9.17) is 4.74 Å². The molecule has 0 amide bonds. The van der Waals surface area contributed by atoms with Gasteiger partial charge in [0.1, 0.15) is 5.60 Å². The maximum Gasteiger partial charge on any atom is 0.270 e. The molecule has 1 atom stereocenters. The molecule has 0 aliphatic carbocycles. The van der Waals surface area contributed by atoms with Crippen molar-refractivity contribution in [3.05, 3.63) is 38.3 Å². The summed E-state index contributed by atoms with van der Waals surface area (Å²) in [7, 11) is 0. The third-order valence-electron chi connectivity index (χ3n) is 3.10. The molecule has 1 heterocycles. The molecule has 1 aliphatic rings. The molecule has 2 rings (SSSR count). The van der Waals surface area contributed by atoms with Crippen molar-refractivity contribution in [3.8, 4) is 0 Å². The fourth-order valence-corrected chi connectivity index (χ4v) is 2.47. The van der Waals surface area contributed by atoms with Crippen molar-refractivity contribution in [2.45, 2.75) is 18.6 Å². The molecule has 0 spiro atoms. The zero-order chi connectivity index (χ0) is 13.9. The van der Waals surface area contributed by atoms with Crippen molar-refractivity contribution >= 4 is 21.6 Å². The second kappa shape index (κ2) is 5.96. The normalized spacial score (nSPS) is 22.6. The minimum atomic E-state index is -0.798. The van der Waals surface area contributed by atoms with Crippen LogP contribution in [0.25, 0.3) is 0 Å². The van der Waals surface area contributed by atoms with E-state index in [1.165, 1.54) is 12.1 Å².